The number of hydrogen-bond acceptors (Lipinski definition) is 3. The van der Waals surface area contributed by atoms with Gasteiger partial charge in [0.2, 0.25) is 5.91 Å². The van der Waals surface area contributed by atoms with E-state index in [4.69, 9.17) is 11.6 Å². The number of hydrogen-bond donors (Lipinski definition) is 1. The summed E-state index contributed by atoms with van der Waals surface area (Å²) in [4.78, 5) is 32.0. The average Bonchev–Trinajstić information content (AvgIpc) is 3.06. The van der Waals surface area contributed by atoms with Crippen molar-refractivity contribution in [2.75, 3.05) is 39.3 Å². The summed E-state index contributed by atoms with van der Waals surface area (Å²) in [5, 5.41) is -0.587. The van der Waals surface area contributed by atoms with Crippen LogP contribution < -0.4 is 0 Å². The van der Waals surface area contributed by atoms with Crippen molar-refractivity contribution in [1.29, 1.82) is 0 Å². The standard InChI is InChI=1S/C19H19ClF4N4O2/c1-10-19(23,24)9-28(10)8-13(29)26-4-6-27(7-5-26)18(30)17-16(22)14-12(25-17)3-2-11(21)15(14)20/h2-3,10,25H,4-9H2,1H3/t10-/m0/s1. The summed E-state index contributed by atoms with van der Waals surface area (Å²) in [6.07, 6.45) is 0. The van der Waals surface area contributed by atoms with Gasteiger partial charge in [-0.05, 0) is 19.1 Å². The molecule has 2 aliphatic heterocycles. The van der Waals surface area contributed by atoms with Gasteiger partial charge in [0.15, 0.2) is 5.82 Å². The summed E-state index contributed by atoms with van der Waals surface area (Å²) in [5.41, 5.74) is -0.120. The molecule has 0 bridgehead atoms. The number of nitrogens with one attached hydrogen (secondary N) is 1. The highest BCUT2D eigenvalue weighted by molar-refractivity contribution is 6.35. The van der Waals surface area contributed by atoms with E-state index < -0.39 is 41.1 Å². The van der Waals surface area contributed by atoms with E-state index in [1.54, 1.807) is 0 Å². The first kappa shape index (κ1) is 20.9. The summed E-state index contributed by atoms with van der Waals surface area (Å²) < 4.78 is 54.8. The molecule has 0 unspecified atom stereocenters. The Bertz CT molecular complexity index is 1020. The lowest BCUT2D eigenvalue weighted by molar-refractivity contribution is -0.181. The van der Waals surface area contributed by atoms with Crippen LogP contribution in [-0.4, -0.2) is 82.7 Å². The Kier molecular flexibility index (Phi) is 5.17. The number of aromatic nitrogens is 1. The van der Waals surface area contributed by atoms with Crippen LogP contribution in [0.2, 0.25) is 5.02 Å². The van der Waals surface area contributed by atoms with Gasteiger partial charge in [-0.3, -0.25) is 14.5 Å². The number of carbonyl (C=O) groups excluding carboxylic acids is 2. The van der Waals surface area contributed by atoms with Crippen LogP contribution in [-0.2, 0) is 4.79 Å². The molecule has 0 saturated carbocycles. The van der Waals surface area contributed by atoms with E-state index in [2.05, 4.69) is 4.98 Å². The zero-order valence-corrected chi connectivity index (χ0v) is 16.8. The molecule has 2 aromatic rings. The first-order valence-electron chi connectivity index (χ1n) is 9.44. The van der Waals surface area contributed by atoms with E-state index in [0.717, 1.165) is 6.07 Å². The topological polar surface area (TPSA) is 59.7 Å². The summed E-state index contributed by atoms with van der Waals surface area (Å²) in [6.45, 7) is 1.56. The number of alkyl halides is 2. The van der Waals surface area contributed by atoms with E-state index in [0.29, 0.717) is 0 Å². The molecular weight excluding hydrogens is 428 g/mol. The Morgan fingerprint density at radius 2 is 1.80 bits per heavy atom. The maximum absolute atomic E-state index is 14.7. The number of amides is 2. The third-order valence-corrected chi connectivity index (χ3v) is 6.21. The Labute approximate surface area is 174 Å². The van der Waals surface area contributed by atoms with Gasteiger partial charge in [0, 0.05) is 26.2 Å². The highest BCUT2D eigenvalue weighted by Gasteiger charge is 2.52. The highest BCUT2D eigenvalue weighted by Crippen LogP contribution is 2.34. The van der Waals surface area contributed by atoms with Crippen LogP contribution in [0.5, 0.6) is 0 Å². The van der Waals surface area contributed by atoms with Crippen molar-refractivity contribution >= 4 is 34.3 Å². The summed E-state index contributed by atoms with van der Waals surface area (Å²) in [6, 6.07) is 1.40. The predicted octanol–water partition coefficient (Wildman–Crippen LogP) is 2.72. The molecule has 30 heavy (non-hydrogen) atoms. The second-order valence-electron chi connectivity index (χ2n) is 7.61. The van der Waals surface area contributed by atoms with Crippen LogP contribution in [0.4, 0.5) is 17.6 Å². The molecule has 0 aliphatic carbocycles. The van der Waals surface area contributed by atoms with E-state index in [-0.39, 0.29) is 55.2 Å². The third-order valence-electron chi connectivity index (χ3n) is 5.84. The van der Waals surface area contributed by atoms with Gasteiger partial charge in [0.25, 0.3) is 11.8 Å². The van der Waals surface area contributed by atoms with Crippen molar-refractivity contribution in [3.05, 3.63) is 34.5 Å². The lowest BCUT2D eigenvalue weighted by Gasteiger charge is -2.46. The van der Waals surface area contributed by atoms with Crippen molar-refractivity contribution in [3.8, 4) is 0 Å². The van der Waals surface area contributed by atoms with Gasteiger partial charge in [-0.1, -0.05) is 11.6 Å². The van der Waals surface area contributed by atoms with Gasteiger partial charge in [-0.2, -0.15) is 0 Å². The first-order chi connectivity index (χ1) is 14.1. The lowest BCUT2D eigenvalue weighted by atomic mass is 10.00. The average molecular weight is 447 g/mol. The number of rotatable bonds is 3. The fourth-order valence-electron chi connectivity index (χ4n) is 3.81. The molecular formula is C19H19ClF4N4O2. The number of benzene rings is 1. The molecule has 0 radical (unpaired) electrons. The predicted molar refractivity (Wildman–Crippen MR) is 102 cm³/mol. The fraction of sp³-hybridized carbons (Fsp3) is 0.474. The van der Waals surface area contributed by atoms with E-state index in [1.807, 2.05) is 0 Å². The fourth-order valence-corrected chi connectivity index (χ4v) is 4.06. The molecule has 2 fully saturated rings. The van der Waals surface area contributed by atoms with Crippen molar-refractivity contribution in [1.82, 2.24) is 19.7 Å². The van der Waals surface area contributed by atoms with Crippen LogP contribution in [0.15, 0.2) is 12.1 Å². The highest BCUT2D eigenvalue weighted by atomic mass is 35.5. The SMILES string of the molecule is C[C@@H]1N(CC(=O)N2CCN(C(=O)c3[nH]c4ccc(F)c(Cl)c4c3F)CC2)CC1(F)F. The normalized spacial score (nSPS) is 21.7. The second kappa shape index (κ2) is 7.42. The Hall–Kier alpha value is -2.33. The molecule has 6 nitrogen and oxygen atoms in total. The molecule has 4 rings (SSSR count). The minimum absolute atomic E-state index is 0.106. The first-order valence-corrected chi connectivity index (χ1v) is 9.82. The molecule has 1 atom stereocenters. The molecule has 0 spiro atoms. The number of H-pyrrole nitrogens is 1. The van der Waals surface area contributed by atoms with Crippen LogP contribution in [0.3, 0.4) is 0 Å². The number of carbonyl (C=O) groups is 2. The maximum Gasteiger partial charge on any atom is 0.275 e. The van der Waals surface area contributed by atoms with Crippen LogP contribution >= 0.6 is 11.6 Å². The molecule has 162 valence electrons. The Morgan fingerprint density at radius 3 is 2.40 bits per heavy atom. The van der Waals surface area contributed by atoms with Crippen LogP contribution in [0, 0.1) is 11.6 Å². The minimum atomic E-state index is -2.78. The minimum Gasteiger partial charge on any atom is -0.348 e. The van der Waals surface area contributed by atoms with E-state index in [1.165, 1.54) is 27.7 Å². The molecule has 11 heteroatoms. The van der Waals surface area contributed by atoms with Gasteiger partial charge in [0.1, 0.15) is 11.5 Å². The Morgan fingerprint density at radius 1 is 1.17 bits per heavy atom. The maximum atomic E-state index is 14.7. The van der Waals surface area contributed by atoms with E-state index >= 15 is 0 Å². The van der Waals surface area contributed by atoms with Crippen molar-refractivity contribution in [3.63, 3.8) is 0 Å². The number of aromatic amines is 1. The zero-order valence-electron chi connectivity index (χ0n) is 16.0. The summed E-state index contributed by atoms with van der Waals surface area (Å²) in [7, 11) is 0. The van der Waals surface area contributed by atoms with Gasteiger partial charge in [-0.15, -0.1) is 0 Å². The number of piperazine rings is 1. The molecule has 2 amide bonds. The number of fused-ring (bicyclic) bond motifs is 1. The molecule has 2 saturated heterocycles. The van der Waals surface area contributed by atoms with Crippen LogP contribution in [0.25, 0.3) is 10.9 Å². The number of likely N-dealkylation sites (tertiary alicyclic amines) is 1. The smallest absolute Gasteiger partial charge is 0.275 e. The molecule has 3 heterocycles. The lowest BCUT2D eigenvalue weighted by Crippen LogP contribution is -2.65. The van der Waals surface area contributed by atoms with Gasteiger partial charge in [0.05, 0.1) is 35.1 Å². The summed E-state index contributed by atoms with van der Waals surface area (Å²) >= 11 is 5.82. The van der Waals surface area contributed by atoms with Crippen molar-refractivity contribution < 1.29 is 27.2 Å². The zero-order chi connectivity index (χ0) is 21.8. The quantitative estimate of drug-likeness (QED) is 0.738. The second-order valence-corrected chi connectivity index (χ2v) is 7.99. The molecule has 2 aliphatic rings. The van der Waals surface area contributed by atoms with E-state index in [9.17, 15) is 27.2 Å². The Balaban J connectivity index is 1.39. The molecule has 1 N–H and O–H groups in total. The van der Waals surface area contributed by atoms with Crippen molar-refractivity contribution in [2.24, 2.45) is 0 Å². The van der Waals surface area contributed by atoms with Crippen LogP contribution in [0.1, 0.15) is 17.4 Å². The van der Waals surface area contributed by atoms with Gasteiger partial charge >= 0.3 is 0 Å². The molecule has 1 aromatic heterocycles. The third kappa shape index (κ3) is 3.41. The largest absolute Gasteiger partial charge is 0.348 e. The number of halogens is 5. The van der Waals surface area contributed by atoms with Crippen molar-refractivity contribution in [2.45, 2.75) is 18.9 Å². The number of nitrogens with zero attached hydrogens (tertiary/aromatic N) is 3. The van der Waals surface area contributed by atoms with Gasteiger partial charge < -0.3 is 14.8 Å². The monoisotopic (exact) mass is 446 g/mol. The summed E-state index contributed by atoms with van der Waals surface area (Å²) in [5.74, 6) is -5.40. The van der Waals surface area contributed by atoms with Gasteiger partial charge in [-0.25, -0.2) is 17.6 Å². The molecule has 1 aromatic carbocycles.